The van der Waals surface area contributed by atoms with E-state index in [2.05, 4.69) is 10.3 Å². The van der Waals surface area contributed by atoms with Crippen molar-refractivity contribution in [3.05, 3.63) is 51.9 Å². The molecule has 2 heterocycles. The molecule has 0 bridgehead atoms. The van der Waals surface area contributed by atoms with Crippen molar-refractivity contribution in [3.63, 3.8) is 0 Å². The fraction of sp³-hybridized carbons (Fsp3) is 0.222. The highest BCUT2D eigenvalue weighted by atomic mass is 35.5. The first-order valence-corrected chi connectivity index (χ1v) is 8.83. The maximum atomic E-state index is 12.9. The molecule has 0 aliphatic rings. The SMILES string of the molecule is COc1cc(NC(=O)Cc2cn3cc(C(F)(F)F)cc(Cl)c3n2)c(OC)cc1Cl. The number of aromatic nitrogens is 2. The number of alkyl halides is 3. The number of carbonyl (C=O) groups excluding carboxylic acids is 1. The molecule has 2 aromatic heterocycles. The monoisotopic (exact) mass is 447 g/mol. The highest BCUT2D eigenvalue weighted by Crippen LogP contribution is 2.36. The second kappa shape index (κ2) is 8.00. The fourth-order valence-electron chi connectivity index (χ4n) is 2.66. The van der Waals surface area contributed by atoms with Gasteiger partial charge in [-0.2, -0.15) is 13.2 Å². The molecule has 11 heteroatoms. The Morgan fingerprint density at radius 3 is 2.41 bits per heavy atom. The number of amides is 1. The Hall–Kier alpha value is -2.65. The Morgan fingerprint density at radius 1 is 1.10 bits per heavy atom. The number of rotatable bonds is 5. The Labute approximate surface area is 173 Å². The number of ether oxygens (including phenoxy) is 2. The van der Waals surface area contributed by atoms with E-state index < -0.39 is 17.6 Å². The number of halogens is 5. The largest absolute Gasteiger partial charge is 0.495 e. The van der Waals surface area contributed by atoms with Crippen LogP contribution in [-0.2, 0) is 17.4 Å². The van der Waals surface area contributed by atoms with Crippen molar-refractivity contribution >= 4 is 40.4 Å². The van der Waals surface area contributed by atoms with Crippen LogP contribution >= 0.6 is 23.2 Å². The zero-order valence-corrected chi connectivity index (χ0v) is 16.6. The molecule has 0 spiro atoms. The van der Waals surface area contributed by atoms with Crippen LogP contribution in [0, 0.1) is 0 Å². The predicted molar refractivity (Wildman–Crippen MR) is 102 cm³/mol. The van der Waals surface area contributed by atoms with Crippen LogP contribution in [0.1, 0.15) is 11.3 Å². The average molecular weight is 448 g/mol. The van der Waals surface area contributed by atoms with E-state index in [1.807, 2.05) is 0 Å². The number of methoxy groups -OCH3 is 2. The quantitative estimate of drug-likeness (QED) is 0.606. The summed E-state index contributed by atoms with van der Waals surface area (Å²) in [6.45, 7) is 0. The van der Waals surface area contributed by atoms with Gasteiger partial charge in [0.2, 0.25) is 5.91 Å². The second-order valence-electron chi connectivity index (χ2n) is 5.95. The topological polar surface area (TPSA) is 64.9 Å². The van der Waals surface area contributed by atoms with Gasteiger partial charge in [0.25, 0.3) is 0 Å². The molecule has 0 radical (unpaired) electrons. The number of imidazole rings is 1. The van der Waals surface area contributed by atoms with Gasteiger partial charge in [-0.15, -0.1) is 0 Å². The molecular weight excluding hydrogens is 434 g/mol. The van der Waals surface area contributed by atoms with Crippen LogP contribution in [0.5, 0.6) is 11.5 Å². The van der Waals surface area contributed by atoms with Crippen molar-refractivity contribution in [1.82, 2.24) is 9.38 Å². The van der Waals surface area contributed by atoms with E-state index in [4.69, 9.17) is 32.7 Å². The van der Waals surface area contributed by atoms with Gasteiger partial charge in [0, 0.05) is 24.5 Å². The Morgan fingerprint density at radius 2 is 1.79 bits per heavy atom. The van der Waals surface area contributed by atoms with Crippen LogP contribution in [0.25, 0.3) is 5.65 Å². The van der Waals surface area contributed by atoms with Gasteiger partial charge in [0.05, 0.1) is 47.6 Å². The summed E-state index contributed by atoms with van der Waals surface area (Å²) in [5.74, 6) is 0.183. The third kappa shape index (κ3) is 4.51. The number of hydrogen-bond acceptors (Lipinski definition) is 4. The van der Waals surface area contributed by atoms with Crippen molar-refractivity contribution < 1.29 is 27.4 Å². The van der Waals surface area contributed by atoms with Gasteiger partial charge in [-0.05, 0) is 6.07 Å². The molecule has 3 rings (SSSR count). The second-order valence-corrected chi connectivity index (χ2v) is 6.76. The van der Waals surface area contributed by atoms with Gasteiger partial charge in [0.1, 0.15) is 11.5 Å². The highest BCUT2D eigenvalue weighted by Gasteiger charge is 2.32. The summed E-state index contributed by atoms with van der Waals surface area (Å²) in [6.07, 6.45) is -2.57. The number of nitrogens with zero attached hydrogens (tertiary/aromatic N) is 2. The first-order chi connectivity index (χ1) is 13.6. The van der Waals surface area contributed by atoms with E-state index in [1.54, 1.807) is 0 Å². The van der Waals surface area contributed by atoms with Crippen molar-refractivity contribution in [2.75, 3.05) is 19.5 Å². The van der Waals surface area contributed by atoms with E-state index in [0.29, 0.717) is 22.2 Å². The molecule has 0 aliphatic heterocycles. The lowest BCUT2D eigenvalue weighted by molar-refractivity contribution is -0.137. The molecule has 0 unspecified atom stereocenters. The average Bonchev–Trinajstić information content (AvgIpc) is 3.04. The van der Waals surface area contributed by atoms with E-state index in [-0.39, 0.29) is 22.8 Å². The summed E-state index contributed by atoms with van der Waals surface area (Å²) in [4.78, 5) is 16.6. The van der Waals surface area contributed by atoms with Gasteiger partial charge in [0.15, 0.2) is 5.65 Å². The first-order valence-electron chi connectivity index (χ1n) is 8.08. The molecule has 6 nitrogen and oxygen atoms in total. The van der Waals surface area contributed by atoms with Gasteiger partial charge in [-0.1, -0.05) is 23.2 Å². The van der Waals surface area contributed by atoms with Crippen LogP contribution in [0.4, 0.5) is 18.9 Å². The summed E-state index contributed by atoms with van der Waals surface area (Å²) < 4.78 is 50.2. The number of pyridine rings is 1. The van der Waals surface area contributed by atoms with Crippen molar-refractivity contribution in [3.8, 4) is 11.5 Å². The van der Waals surface area contributed by atoms with Gasteiger partial charge in [-0.25, -0.2) is 4.98 Å². The van der Waals surface area contributed by atoms with Crippen molar-refractivity contribution in [1.29, 1.82) is 0 Å². The minimum atomic E-state index is -4.55. The Kier molecular flexibility index (Phi) is 5.81. The summed E-state index contributed by atoms with van der Waals surface area (Å²) in [5.41, 5.74) is -0.238. The van der Waals surface area contributed by atoms with Gasteiger partial charge >= 0.3 is 6.18 Å². The normalized spacial score (nSPS) is 11.6. The lowest BCUT2D eigenvalue weighted by atomic mass is 10.2. The highest BCUT2D eigenvalue weighted by molar-refractivity contribution is 6.33. The molecule has 3 aromatic rings. The van der Waals surface area contributed by atoms with Crippen LogP contribution < -0.4 is 14.8 Å². The molecule has 1 N–H and O–H groups in total. The zero-order valence-electron chi connectivity index (χ0n) is 15.1. The number of hydrogen-bond donors (Lipinski definition) is 1. The lowest BCUT2D eigenvalue weighted by Gasteiger charge is -2.12. The standard InChI is InChI=1S/C18H14Cl2F3N3O3/c1-28-14-6-13(15(29-2)5-11(14)19)25-16(27)4-10-8-26-7-9(18(21,22)23)3-12(20)17(26)24-10/h3,5-8H,4H2,1-2H3,(H,25,27). The fourth-order valence-corrected chi connectivity index (χ4v) is 3.15. The molecule has 0 fully saturated rings. The third-order valence-corrected chi connectivity index (χ3v) is 4.55. The number of fused-ring (bicyclic) bond motifs is 1. The van der Waals surface area contributed by atoms with E-state index in [1.165, 1.54) is 32.5 Å². The number of carbonyl (C=O) groups is 1. The molecule has 0 saturated carbocycles. The number of benzene rings is 1. The third-order valence-electron chi connectivity index (χ3n) is 3.97. The first kappa shape index (κ1) is 21.1. The molecular formula is C18H14Cl2F3N3O3. The minimum absolute atomic E-state index is 0.119. The lowest BCUT2D eigenvalue weighted by Crippen LogP contribution is -2.15. The molecule has 0 saturated heterocycles. The van der Waals surface area contributed by atoms with Crippen LogP contribution in [-0.4, -0.2) is 29.5 Å². The number of anilines is 1. The molecule has 154 valence electrons. The van der Waals surface area contributed by atoms with E-state index >= 15 is 0 Å². The minimum Gasteiger partial charge on any atom is -0.495 e. The maximum absolute atomic E-state index is 12.9. The molecule has 1 amide bonds. The summed E-state index contributed by atoms with van der Waals surface area (Å²) >= 11 is 11.9. The van der Waals surface area contributed by atoms with Crippen LogP contribution in [0.15, 0.2) is 30.6 Å². The van der Waals surface area contributed by atoms with Gasteiger partial charge in [-0.3, -0.25) is 4.79 Å². The Balaban J connectivity index is 1.84. The smallest absolute Gasteiger partial charge is 0.417 e. The molecule has 29 heavy (non-hydrogen) atoms. The summed E-state index contributed by atoms with van der Waals surface area (Å²) in [7, 11) is 2.84. The van der Waals surface area contributed by atoms with Crippen molar-refractivity contribution in [2.24, 2.45) is 0 Å². The molecule has 1 aromatic carbocycles. The van der Waals surface area contributed by atoms with E-state index in [9.17, 15) is 18.0 Å². The maximum Gasteiger partial charge on any atom is 0.417 e. The zero-order chi connectivity index (χ0) is 21.3. The van der Waals surface area contributed by atoms with Gasteiger partial charge < -0.3 is 19.2 Å². The molecule has 0 aliphatic carbocycles. The van der Waals surface area contributed by atoms with E-state index in [0.717, 1.165) is 16.7 Å². The van der Waals surface area contributed by atoms with Crippen LogP contribution in [0.3, 0.4) is 0 Å². The summed E-state index contributed by atoms with van der Waals surface area (Å²) in [6, 6.07) is 3.77. The van der Waals surface area contributed by atoms with Crippen LogP contribution in [0.2, 0.25) is 10.0 Å². The predicted octanol–water partition coefficient (Wildman–Crippen LogP) is 4.86. The molecule has 0 atom stereocenters. The summed E-state index contributed by atoms with van der Waals surface area (Å²) in [5, 5.41) is 2.77. The van der Waals surface area contributed by atoms with Crippen molar-refractivity contribution in [2.45, 2.75) is 12.6 Å². The Bertz CT molecular complexity index is 1080. The number of nitrogens with one attached hydrogen (secondary N) is 1.